The van der Waals surface area contributed by atoms with E-state index in [0.717, 1.165) is 11.6 Å². The second kappa shape index (κ2) is 5.91. The molecule has 17 heavy (non-hydrogen) atoms. The van der Waals surface area contributed by atoms with Crippen LogP contribution in [0.3, 0.4) is 0 Å². The van der Waals surface area contributed by atoms with Gasteiger partial charge >= 0.3 is 0 Å². The molecule has 1 aliphatic carbocycles. The normalized spacial score (nSPS) is 17.2. The van der Waals surface area contributed by atoms with Crippen molar-refractivity contribution in [3.63, 3.8) is 0 Å². The van der Waals surface area contributed by atoms with Gasteiger partial charge < -0.3 is 11.1 Å². The average molecular weight is 366 g/mol. The van der Waals surface area contributed by atoms with Crippen molar-refractivity contribution in [1.82, 2.24) is 5.32 Å². The van der Waals surface area contributed by atoms with Gasteiger partial charge in [-0.05, 0) is 30.5 Å². The number of rotatable bonds is 3. The number of guanidine groups is 1. The molecule has 0 amide bonds. The maximum Gasteiger partial charge on any atom is 0.188 e. The fourth-order valence-electron chi connectivity index (χ4n) is 1.88. The highest BCUT2D eigenvalue weighted by Crippen LogP contribution is 2.47. The van der Waals surface area contributed by atoms with Crippen LogP contribution < -0.4 is 11.1 Å². The first kappa shape index (κ1) is 14.6. The van der Waals surface area contributed by atoms with Crippen LogP contribution in [0.25, 0.3) is 0 Å². The van der Waals surface area contributed by atoms with Crippen molar-refractivity contribution in [2.75, 3.05) is 13.6 Å². The van der Waals surface area contributed by atoms with E-state index in [1.54, 1.807) is 7.05 Å². The van der Waals surface area contributed by atoms with E-state index >= 15 is 0 Å². The quantitative estimate of drug-likeness (QED) is 0.491. The Hall–Kier alpha value is -0.490. The fourth-order valence-corrected chi connectivity index (χ4v) is 2.07. The lowest BCUT2D eigenvalue weighted by Crippen LogP contribution is -2.37. The highest BCUT2D eigenvalue weighted by Gasteiger charge is 2.44. The molecule has 0 bridgehead atoms. The van der Waals surface area contributed by atoms with Crippen LogP contribution in [0.1, 0.15) is 18.4 Å². The summed E-state index contributed by atoms with van der Waals surface area (Å²) in [5.74, 6) is 0.494. The number of hydrogen-bond acceptors (Lipinski definition) is 1. The van der Waals surface area contributed by atoms with Crippen LogP contribution in [0.15, 0.2) is 29.3 Å². The van der Waals surface area contributed by atoms with Crippen LogP contribution in [-0.4, -0.2) is 19.6 Å². The number of nitrogens with two attached hydrogens (primary N) is 1. The molecule has 0 spiro atoms. The highest BCUT2D eigenvalue weighted by atomic mass is 127. The first-order valence-corrected chi connectivity index (χ1v) is 5.76. The van der Waals surface area contributed by atoms with E-state index in [4.69, 9.17) is 17.3 Å². The van der Waals surface area contributed by atoms with Crippen LogP contribution in [-0.2, 0) is 5.41 Å². The molecule has 5 heteroatoms. The number of halogens is 2. The molecular formula is C12H17ClIN3. The topological polar surface area (TPSA) is 50.4 Å². The van der Waals surface area contributed by atoms with Crippen molar-refractivity contribution in [3.8, 4) is 0 Å². The van der Waals surface area contributed by atoms with Gasteiger partial charge in [0.1, 0.15) is 0 Å². The summed E-state index contributed by atoms with van der Waals surface area (Å²) in [5, 5.41) is 3.93. The van der Waals surface area contributed by atoms with Gasteiger partial charge in [0.15, 0.2) is 5.96 Å². The first-order valence-electron chi connectivity index (χ1n) is 5.38. The van der Waals surface area contributed by atoms with Gasteiger partial charge in [0.05, 0.1) is 0 Å². The van der Waals surface area contributed by atoms with Crippen LogP contribution in [0, 0.1) is 0 Å². The number of benzene rings is 1. The van der Waals surface area contributed by atoms with E-state index in [1.807, 2.05) is 18.2 Å². The van der Waals surface area contributed by atoms with Gasteiger partial charge in [-0.3, -0.25) is 4.99 Å². The maximum atomic E-state index is 6.00. The lowest BCUT2D eigenvalue weighted by atomic mass is 9.96. The average Bonchev–Trinajstić information content (AvgIpc) is 3.07. The summed E-state index contributed by atoms with van der Waals surface area (Å²) in [6.45, 7) is 0.830. The summed E-state index contributed by atoms with van der Waals surface area (Å²) in [4.78, 5) is 3.89. The Morgan fingerprint density at radius 3 is 2.76 bits per heavy atom. The van der Waals surface area contributed by atoms with Crippen molar-refractivity contribution < 1.29 is 0 Å². The lowest BCUT2D eigenvalue weighted by Gasteiger charge is -2.17. The van der Waals surface area contributed by atoms with Crippen LogP contribution in [0.4, 0.5) is 0 Å². The Morgan fingerprint density at radius 1 is 1.53 bits per heavy atom. The molecule has 1 saturated carbocycles. The van der Waals surface area contributed by atoms with E-state index < -0.39 is 0 Å². The van der Waals surface area contributed by atoms with E-state index in [-0.39, 0.29) is 29.4 Å². The summed E-state index contributed by atoms with van der Waals surface area (Å²) >= 11 is 6.00. The van der Waals surface area contributed by atoms with Crippen molar-refractivity contribution in [2.24, 2.45) is 10.7 Å². The molecule has 0 radical (unpaired) electrons. The van der Waals surface area contributed by atoms with Gasteiger partial charge in [0.25, 0.3) is 0 Å². The zero-order valence-electron chi connectivity index (χ0n) is 9.74. The maximum absolute atomic E-state index is 6.00. The molecule has 0 aliphatic heterocycles. The van der Waals surface area contributed by atoms with Crippen molar-refractivity contribution in [1.29, 1.82) is 0 Å². The standard InChI is InChI=1S/C12H16ClN3.HI/c1-15-11(14)16-8-12(5-6-12)9-3-2-4-10(13)7-9;/h2-4,7H,5-6,8H2,1H3,(H3,14,15,16);1H. The molecule has 0 atom stereocenters. The minimum absolute atomic E-state index is 0. The predicted octanol–water partition coefficient (Wildman–Crippen LogP) is 2.52. The van der Waals surface area contributed by atoms with Gasteiger partial charge in [-0.15, -0.1) is 24.0 Å². The molecule has 0 heterocycles. The van der Waals surface area contributed by atoms with Gasteiger partial charge in [-0.1, -0.05) is 23.7 Å². The van der Waals surface area contributed by atoms with Gasteiger partial charge in [0.2, 0.25) is 0 Å². The van der Waals surface area contributed by atoms with Crippen LogP contribution >= 0.6 is 35.6 Å². The molecule has 3 N–H and O–H groups in total. The molecule has 1 aromatic rings. The third-order valence-corrected chi connectivity index (χ3v) is 3.37. The van der Waals surface area contributed by atoms with Crippen LogP contribution in [0.5, 0.6) is 0 Å². The SMILES string of the molecule is CN=C(N)NCC1(c2cccc(Cl)c2)CC1.I. The molecule has 94 valence electrons. The van der Waals surface area contributed by atoms with E-state index in [9.17, 15) is 0 Å². The third-order valence-electron chi connectivity index (χ3n) is 3.14. The first-order chi connectivity index (χ1) is 7.66. The third kappa shape index (κ3) is 3.48. The van der Waals surface area contributed by atoms with E-state index in [2.05, 4.69) is 16.4 Å². The molecule has 3 nitrogen and oxygen atoms in total. The van der Waals surface area contributed by atoms with E-state index in [0.29, 0.717) is 5.96 Å². The molecule has 2 rings (SSSR count). The predicted molar refractivity (Wildman–Crippen MR) is 83.3 cm³/mol. The largest absolute Gasteiger partial charge is 0.370 e. The summed E-state index contributed by atoms with van der Waals surface area (Å²) in [6.07, 6.45) is 2.36. The Kier molecular flexibility index (Phi) is 5.06. The second-order valence-corrected chi connectivity index (χ2v) is 4.69. The minimum atomic E-state index is 0. The Morgan fingerprint density at radius 2 is 2.24 bits per heavy atom. The molecule has 0 aromatic heterocycles. The number of aliphatic imine (C=N–C) groups is 1. The summed E-state index contributed by atoms with van der Waals surface area (Å²) in [6, 6.07) is 8.06. The summed E-state index contributed by atoms with van der Waals surface area (Å²) in [5.41, 5.74) is 7.13. The monoisotopic (exact) mass is 365 g/mol. The smallest absolute Gasteiger partial charge is 0.188 e. The lowest BCUT2D eigenvalue weighted by molar-refractivity contribution is 0.656. The second-order valence-electron chi connectivity index (χ2n) is 4.25. The highest BCUT2D eigenvalue weighted by molar-refractivity contribution is 14.0. The van der Waals surface area contributed by atoms with Gasteiger partial charge in [-0.25, -0.2) is 0 Å². The fraction of sp³-hybridized carbons (Fsp3) is 0.417. The Labute approximate surface area is 124 Å². The number of hydrogen-bond donors (Lipinski definition) is 2. The van der Waals surface area contributed by atoms with Crippen molar-refractivity contribution >= 4 is 41.5 Å². The number of nitrogens with one attached hydrogen (secondary N) is 1. The minimum Gasteiger partial charge on any atom is -0.370 e. The molecule has 0 saturated heterocycles. The zero-order valence-corrected chi connectivity index (χ0v) is 12.8. The van der Waals surface area contributed by atoms with Gasteiger partial charge in [0, 0.05) is 24.0 Å². The van der Waals surface area contributed by atoms with Gasteiger partial charge in [-0.2, -0.15) is 0 Å². The summed E-state index contributed by atoms with van der Waals surface area (Å²) in [7, 11) is 1.68. The summed E-state index contributed by atoms with van der Waals surface area (Å²) < 4.78 is 0. The molecular weight excluding hydrogens is 349 g/mol. The molecule has 0 unspecified atom stereocenters. The molecule has 1 fully saturated rings. The Bertz CT molecular complexity index is 416. The van der Waals surface area contributed by atoms with Crippen LogP contribution in [0.2, 0.25) is 5.02 Å². The number of nitrogens with zero attached hydrogens (tertiary/aromatic N) is 1. The molecule has 1 aromatic carbocycles. The van der Waals surface area contributed by atoms with Crippen molar-refractivity contribution in [2.45, 2.75) is 18.3 Å². The Balaban J connectivity index is 0.00000144. The van der Waals surface area contributed by atoms with E-state index in [1.165, 1.54) is 18.4 Å². The zero-order chi connectivity index (χ0) is 11.6. The molecule has 1 aliphatic rings. The van der Waals surface area contributed by atoms with Crippen molar-refractivity contribution in [3.05, 3.63) is 34.9 Å².